The highest BCUT2D eigenvalue weighted by Gasteiger charge is 2.30. The third-order valence-electron chi connectivity index (χ3n) is 2.75. The van der Waals surface area contributed by atoms with Gasteiger partial charge in [-0.3, -0.25) is 0 Å². The molecule has 0 saturated heterocycles. The summed E-state index contributed by atoms with van der Waals surface area (Å²) < 4.78 is 38.3. The van der Waals surface area contributed by atoms with Crippen LogP contribution in [0.4, 0.5) is 19.0 Å². The Labute approximate surface area is 127 Å². The molecule has 0 aliphatic heterocycles. The smallest absolute Gasteiger partial charge is 0.383 e. The first-order valence-electron chi connectivity index (χ1n) is 5.82. The lowest BCUT2D eigenvalue weighted by molar-refractivity contribution is -0.137. The summed E-state index contributed by atoms with van der Waals surface area (Å²) in [5.74, 6) is 0.681. The van der Waals surface area contributed by atoms with Crippen molar-refractivity contribution >= 4 is 28.4 Å². The topological polar surface area (TPSA) is 51.8 Å². The third kappa shape index (κ3) is 3.02. The van der Waals surface area contributed by atoms with Crippen LogP contribution in [0.5, 0.6) is 0 Å². The van der Waals surface area contributed by atoms with E-state index in [0.717, 1.165) is 21.4 Å². The Hall–Kier alpha value is -1.38. The number of hydrogen-bond acceptors (Lipinski definition) is 3. The SMILES string of the molecule is CCc1nc(-c2ccc(C(F)(F)F)cc2)nc(N)c1I. The Bertz CT molecular complexity index is 624. The van der Waals surface area contributed by atoms with Crippen molar-refractivity contribution in [3.63, 3.8) is 0 Å². The summed E-state index contributed by atoms with van der Waals surface area (Å²) in [4.78, 5) is 8.46. The first kappa shape index (κ1) is 15.0. The number of rotatable bonds is 2. The molecule has 20 heavy (non-hydrogen) atoms. The molecule has 0 radical (unpaired) electrons. The molecule has 0 fully saturated rings. The maximum absolute atomic E-state index is 12.5. The Balaban J connectivity index is 2.44. The van der Waals surface area contributed by atoms with Crippen molar-refractivity contribution in [3.8, 4) is 11.4 Å². The lowest BCUT2D eigenvalue weighted by Gasteiger charge is -2.09. The molecular formula is C13H11F3IN3. The summed E-state index contributed by atoms with van der Waals surface area (Å²) in [5.41, 5.74) is 6.39. The first-order valence-corrected chi connectivity index (χ1v) is 6.90. The second-order valence-electron chi connectivity index (χ2n) is 4.12. The second-order valence-corrected chi connectivity index (χ2v) is 5.20. The van der Waals surface area contributed by atoms with E-state index in [-0.39, 0.29) is 0 Å². The number of aromatic nitrogens is 2. The molecule has 106 valence electrons. The molecule has 0 bridgehead atoms. The molecule has 2 N–H and O–H groups in total. The van der Waals surface area contributed by atoms with Gasteiger partial charge < -0.3 is 5.73 Å². The molecule has 1 aromatic heterocycles. The number of nitrogen functional groups attached to an aromatic ring is 1. The molecule has 3 nitrogen and oxygen atoms in total. The summed E-state index contributed by atoms with van der Waals surface area (Å²) >= 11 is 2.06. The van der Waals surface area contributed by atoms with E-state index < -0.39 is 11.7 Å². The molecule has 0 saturated carbocycles. The lowest BCUT2D eigenvalue weighted by Crippen LogP contribution is -2.06. The molecular weight excluding hydrogens is 382 g/mol. The number of anilines is 1. The molecule has 2 aromatic rings. The van der Waals surface area contributed by atoms with Crippen LogP contribution in [0.25, 0.3) is 11.4 Å². The molecule has 0 aliphatic carbocycles. The fourth-order valence-corrected chi connectivity index (χ4v) is 2.31. The average Bonchev–Trinajstić information content (AvgIpc) is 2.41. The van der Waals surface area contributed by atoms with Gasteiger partial charge in [-0.2, -0.15) is 13.2 Å². The molecule has 2 rings (SSSR count). The zero-order valence-corrected chi connectivity index (χ0v) is 12.7. The van der Waals surface area contributed by atoms with Crippen molar-refractivity contribution < 1.29 is 13.2 Å². The van der Waals surface area contributed by atoms with Gasteiger partial charge in [0.25, 0.3) is 0 Å². The standard InChI is InChI=1S/C13H11F3IN3/c1-2-9-10(17)11(18)20-12(19-9)7-3-5-8(6-4-7)13(14,15)16/h3-6H,2H2,1H3,(H2,18,19,20). The number of nitrogens with zero attached hydrogens (tertiary/aromatic N) is 2. The van der Waals surface area contributed by atoms with Gasteiger partial charge in [0, 0.05) is 5.56 Å². The summed E-state index contributed by atoms with van der Waals surface area (Å²) in [6.07, 6.45) is -3.67. The van der Waals surface area contributed by atoms with E-state index in [0.29, 0.717) is 23.6 Å². The molecule has 1 aromatic carbocycles. The predicted octanol–water partition coefficient (Wildman–Crippen LogP) is 3.91. The zero-order valence-electron chi connectivity index (χ0n) is 10.5. The molecule has 0 amide bonds. The minimum Gasteiger partial charge on any atom is -0.383 e. The number of aryl methyl sites for hydroxylation is 1. The Morgan fingerprint density at radius 1 is 1.15 bits per heavy atom. The molecule has 0 atom stereocenters. The second kappa shape index (κ2) is 5.55. The summed E-state index contributed by atoms with van der Waals surface area (Å²) in [6, 6.07) is 4.73. The Morgan fingerprint density at radius 3 is 2.25 bits per heavy atom. The lowest BCUT2D eigenvalue weighted by atomic mass is 10.1. The van der Waals surface area contributed by atoms with Crippen LogP contribution in [0.15, 0.2) is 24.3 Å². The average molecular weight is 393 g/mol. The number of halogens is 4. The van der Waals surface area contributed by atoms with E-state index in [2.05, 4.69) is 32.6 Å². The van der Waals surface area contributed by atoms with Crippen LogP contribution in [0.3, 0.4) is 0 Å². The highest BCUT2D eigenvalue weighted by atomic mass is 127. The first-order chi connectivity index (χ1) is 9.32. The van der Waals surface area contributed by atoms with Crippen molar-refractivity contribution in [3.05, 3.63) is 39.1 Å². The van der Waals surface area contributed by atoms with Gasteiger partial charge in [0.15, 0.2) is 5.82 Å². The van der Waals surface area contributed by atoms with E-state index in [1.165, 1.54) is 12.1 Å². The Kier molecular flexibility index (Phi) is 4.17. The van der Waals surface area contributed by atoms with E-state index in [9.17, 15) is 13.2 Å². The van der Waals surface area contributed by atoms with Crippen LogP contribution in [-0.2, 0) is 12.6 Å². The number of alkyl halides is 3. The minimum atomic E-state index is -4.35. The van der Waals surface area contributed by atoms with Gasteiger partial charge >= 0.3 is 6.18 Å². The van der Waals surface area contributed by atoms with Crippen molar-refractivity contribution in [1.82, 2.24) is 9.97 Å². The zero-order chi connectivity index (χ0) is 14.9. The van der Waals surface area contributed by atoms with Gasteiger partial charge in [-0.05, 0) is 41.1 Å². The molecule has 7 heteroatoms. The van der Waals surface area contributed by atoms with Gasteiger partial charge in [-0.25, -0.2) is 9.97 Å². The minimum absolute atomic E-state index is 0.340. The maximum Gasteiger partial charge on any atom is 0.416 e. The summed E-state index contributed by atoms with van der Waals surface area (Å²) in [6.45, 7) is 1.93. The van der Waals surface area contributed by atoms with Gasteiger partial charge in [-0.1, -0.05) is 19.1 Å². The van der Waals surface area contributed by atoms with Crippen LogP contribution in [0, 0.1) is 3.57 Å². The third-order valence-corrected chi connectivity index (χ3v) is 3.93. The van der Waals surface area contributed by atoms with Crippen molar-refractivity contribution in [2.75, 3.05) is 5.73 Å². The highest BCUT2D eigenvalue weighted by molar-refractivity contribution is 14.1. The van der Waals surface area contributed by atoms with E-state index in [4.69, 9.17) is 5.73 Å². The number of benzene rings is 1. The molecule has 0 spiro atoms. The molecule has 1 heterocycles. The van der Waals surface area contributed by atoms with Crippen LogP contribution >= 0.6 is 22.6 Å². The quantitative estimate of drug-likeness (QED) is 0.788. The van der Waals surface area contributed by atoms with Gasteiger partial charge in [-0.15, -0.1) is 0 Å². The van der Waals surface area contributed by atoms with Crippen LogP contribution in [-0.4, -0.2) is 9.97 Å². The normalized spacial score (nSPS) is 11.7. The fourth-order valence-electron chi connectivity index (χ4n) is 1.68. The van der Waals surface area contributed by atoms with Crippen molar-refractivity contribution in [1.29, 1.82) is 0 Å². The van der Waals surface area contributed by atoms with E-state index >= 15 is 0 Å². The van der Waals surface area contributed by atoms with Crippen molar-refractivity contribution in [2.45, 2.75) is 19.5 Å². The number of hydrogen-bond donors (Lipinski definition) is 1. The maximum atomic E-state index is 12.5. The van der Waals surface area contributed by atoms with Gasteiger partial charge in [0.05, 0.1) is 14.8 Å². The largest absolute Gasteiger partial charge is 0.416 e. The molecule has 0 aliphatic rings. The van der Waals surface area contributed by atoms with Gasteiger partial charge in [0.1, 0.15) is 5.82 Å². The molecule has 0 unspecified atom stereocenters. The predicted molar refractivity (Wildman–Crippen MR) is 79.0 cm³/mol. The van der Waals surface area contributed by atoms with Crippen molar-refractivity contribution in [2.24, 2.45) is 0 Å². The van der Waals surface area contributed by atoms with E-state index in [1.54, 1.807) is 0 Å². The Morgan fingerprint density at radius 2 is 1.75 bits per heavy atom. The summed E-state index contributed by atoms with van der Waals surface area (Å²) in [7, 11) is 0. The monoisotopic (exact) mass is 393 g/mol. The van der Waals surface area contributed by atoms with Crippen LogP contribution < -0.4 is 5.73 Å². The van der Waals surface area contributed by atoms with E-state index in [1.807, 2.05) is 6.92 Å². The summed E-state index contributed by atoms with van der Waals surface area (Å²) in [5, 5.41) is 0. The highest BCUT2D eigenvalue weighted by Crippen LogP contribution is 2.30. The van der Waals surface area contributed by atoms with Crippen LogP contribution in [0.2, 0.25) is 0 Å². The fraction of sp³-hybridized carbons (Fsp3) is 0.231. The van der Waals surface area contributed by atoms with Crippen LogP contribution in [0.1, 0.15) is 18.2 Å². The van der Waals surface area contributed by atoms with Gasteiger partial charge in [0.2, 0.25) is 0 Å². The number of nitrogens with two attached hydrogens (primary N) is 1.